The van der Waals surface area contributed by atoms with E-state index in [2.05, 4.69) is 5.32 Å². The Morgan fingerprint density at radius 1 is 1.03 bits per heavy atom. The average molecular weight is 394 g/mol. The summed E-state index contributed by atoms with van der Waals surface area (Å²) in [6.45, 7) is 3.79. The first-order chi connectivity index (χ1) is 13.9. The van der Waals surface area contributed by atoms with Crippen molar-refractivity contribution >= 4 is 29.6 Å². The van der Waals surface area contributed by atoms with Gasteiger partial charge in [0.1, 0.15) is 5.57 Å². The summed E-state index contributed by atoms with van der Waals surface area (Å²) in [4.78, 5) is 38.8. The quantitative estimate of drug-likeness (QED) is 0.635. The molecule has 8 nitrogen and oxygen atoms in total. The fraction of sp³-hybridized carbons (Fsp3) is 0.190. The third-order valence-electron chi connectivity index (χ3n) is 4.56. The standard InChI is InChI=1S/C21H18N2O6/c1-11-4-12(2)6-14(5-11)23-20(25)15(19(24)22-21(23)26)7-13-8-16(27-3)18-17(9-13)28-10-29-18/h4-9H,10H2,1-3H3,(H,22,24,26)/b15-7+. The van der Waals surface area contributed by atoms with Gasteiger partial charge in [-0.3, -0.25) is 14.9 Å². The van der Waals surface area contributed by atoms with Gasteiger partial charge in [-0.2, -0.15) is 0 Å². The van der Waals surface area contributed by atoms with Crippen LogP contribution in [0.2, 0.25) is 0 Å². The van der Waals surface area contributed by atoms with Gasteiger partial charge in [0, 0.05) is 0 Å². The third-order valence-corrected chi connectivity index (χ3v) is 4.56. The highest BCUT2D eigenvalue weighted by Gasteiger charge is 2.37. The van der Waals surface area contributed by atoms with Crippen molar-refractivity contribution < 1.29 is 28.6 Å². The lowest BCUT2D eigenvalue weighted by Gasteiger charge is -2.27. The summed E-state index contributed by atoms with van der Waals surface area (Å²) < 4.78 is 16.0. The SMILES string of the molecule is COc1cc(/C=C2\C(=O)NC(=O)N(c3cc(C)cc(C)c3)C2=O)cc2c1OCO2. The third kappa shape index (κ3) is 3.29. The summed E-state index contributed by atoms with van der Waals surface area (Å²) in [5, 5.41) is 2.22. The molecule has 8 heteroatoms. The van der Waals surface area contributed by atoms with Gasteiger partial charge >= 0.3 is 6.03 Å². The number of carbonyl (C=O) groups excluding carboxylic acids is 3. The molecular formula is C21H18N2O6. The smallest absolute Gasteiger partial charge is 0.335 e. The zero-order valence-corrected chi connectivity index (χ0v) is 16.1. The van der Waals surface area contributed by atoms with Gasteiger partial charge in [-0.1, -0.05) is 6.07 Å². The van der Waals surface area contributed by atoms with E-state index in [-0.39, 0.29) is 12.4 Å². The summed E-state index contributed by atoms with van der Waals surface area (Å²) >= 11 is 0. The number of fused-ring (bicyclic) bond motifs is 1. The molecule has 0 unspecified atom stereocenters. The summed E-state index contributed by atoms with van der Waals surface area (Å²) in [6.07, 6.45) is 1.39. The molecule has 29 heavy (non-hydrogen) atoms. The molecule has 0 spiro atoms. The number of nitrogens with one attached hydrogen (secondary N) is 1. The van der Waals surface area contributed by atoms with E-state index in [4.69, 9.17) is 14.2 Å². The Bertz CT molecular complexity index is 1070. The van der Waals surface area contributed by atoms with Crippen molar-refractivity contribution in [2.75, 3.05) is 18.8 Å². The summed E-state index contributed by atoms with van der Waals surface area (Å²) in [5.74, 6) is -0.154. The normalized spacial score (nSPS) is 17.0. The second kappa shape index (κ2) is 6.97. The van der Waals surface area contributed by atoms with E-state index in [0.717, 1.165) is 16.0 Å². The number of nitrogens with zero attached hydrogens (tertiary/aromatic N) is 1. The van der Waals surface area contributed by atoms with E-state index in [1.807, 2.05) is 19.9 Å². The van der Waals surface area contributed by atoms with Crippen molar-refractivity contribution in [3.8, 4) is 17.2 Å². The Morgan fingerprint density at radius 2 is 1.76 bits per heavy atom. The van der Waals surface area contributed by atoms with Crippen LogP contribution in [0.3, 0.4) is 0 Å². The van der Waals surface area contributed by atoms with Gasteiger partial charge in [-0.15, -0.1) is 0 Å². The number of urea groups is 1. The zero-order chi connectivity index (χ0) is 20.7. The van der Waals surface area contributed by atoms with Gasteiger partial charge in [0.15, 0.2) is 11.5 Å². The molecule has 0 bridgehead atoms. The number of ether oxygens (including phenoxy) is 3. The highest BCUT2D eigenvalue weighted by molar-refractivity contribution is 6.39. The van der Waals surface area contributed by atoms with Crippen LogP contribution in [0.4, 0.5) is 10.5 Å². The second-order valence-electron chi connectivity index (χ2n) is 6.76. The monoisotopic (exact) mass is 394 g/mol. The predicted molar refractivity (Wildman–Crippen MR) is 104 cm³/mol. The Morgan fingerprint density at radius 3 is 2.45 bits per heavy atom. The largest absolute Gasteiger partial charge is 0.493 e. The molecule has 4 rings (SSSR count). The van der Waals surface area contributed by atoms with Crippen LogP contribution < -0.4 is 24.4 Å². The molecule has 2 heterocycles. The first kappa shape index (κ1) is 18.5. The van der Waals surface area contributed by atoms with Gasteiger partial charge < -0.3 is 14.2 Å². The number of carbonyl (C=O) groups is 3. The van der Waals surface area contributed by atoms with Crippen molar-refractivity contribution in [2.24, 2.45) is 0 Å². The topological polar surface area (TPSA) is 94.2 Å². The lowest BCUT2D eigenvalue weighted by molar-refractivity contribution is -0.122. The molecule has 0 saturated carbocycles. The number of benzene rings is 2. The van der Waals surface area contributed by atoms with Crippen LogP contribution in [0.25, 0.3) is 6.08 Å². The lowest BCUT2D eigenvalue weighted by Crippen LogP contribution is -2.54. The molecule has 0 atom stereocenters. The highest BCUT2D eigenvalue weighted by Crippen LogP contribution is 2.42. The van der Waals surface area contributed by atoms with Crippen molar-refractivity contribution in [3.05, 3.63) is 52.6 Å². The van der Waals surface area contributed by atoms with Crippen LogP contribution in [0.1, 0.15) is 16.7 Å². The molecule has 1 fully saturated rings. The van der Waals surface area contributed by atoms with Crippen LogP contribution in [0.15, 0.2) is 35.9 Å². The average Bonchev–Trinajstić information content (AvgIpc) is 3.12. The number of imide groups is 2. The molecule has 2 aromatic rings. The minimum absolute atomic E-state index is 0.0557. The van der Waals surface area contributed by atoms with Crippen LogP contribution in [0.5, 0.6) is 17.2 Å². The zero-order valence-electron chi connectivity index (χ0n) is 16.1. The van der Waals surface area contributed by atoms with Crippen LogP contribution in [-0.4, -0.2) is 31.7 Å². The number of anilines is 1. The maximum atomic E-state index is 13.1. The first-order valence-corrected chi connectivity index (χ1v) is 8.85. The van der Waals surface area contributed by atoms with Crippen LogP contribution in [0, 0.1) is 13.8 Å². The maximum Gasteiger partial charge on any atom is 0.335 e. The Kier molecular flexibility index (Phi) is 4.46. The number of hydrogen-bond donors (Lipinski definition) is 1. The second-order valence-corrected chi connectivity index (χ2v) is 6.76. The molecule has 4 amide bonds. The van der Waals surface area contributed by atoms with Crippen molar-refractivity contribution in [1.82, 2.24) is 5.32 Å². The number of amides is 4. The van der Waals surface area contributed by atoms with Crippen LogP contribution in [-0.2, 0) is 9.59 Å². The molecular weight excluding hydrogens is 376 g/mol. The molecule has 1 N–H and O–H groups in total. The minimum Gasteiger partial charge on any atom is -0.493 e. The van der Waals surface area contributed by atoms with E-state index in [1.54, 1.807) is 24.3 Å². The number of rotatable bonds is 3. The minimum atomic E-state index is -0.787. The highest BCUT2D eigenvalue weighted by atomic mass is 16.7. The number of aryl methyl sites for hydroxylation is 2. The summed E-state index contributed by atoms with van der Waals surface area (Å²) in [7, 11) is 1.48. The maximum absolute atomic E-state index is 13.1. The van der Waals surface area contributed by atoms with Gasteiger partial charge in [-0.25, -0.2) is 9.69 Å². The molecule has 2 aromatic carbocycles. The van der Waals surface area contributed by atoms with E-state index in [1.165, 1.54) is 13.2 Å². The molecule has 0 aromatic heterocycles. The first-order valence-electron chi connectivity index (χ1n) is 8.85. The van der Waals surface area contributed by atoms with E-state index < -0.39 is 17.8 Å². The van der Waals surface area contributed by atoms with Gasteiger partial charge in [0.25, 0.3) is 11.8 Å². The van der Waals surface area contributed by atoms with E-state index in [9.17, 15) is 14.4 Å². The Hall–Kier alpha value is -3.81. The molecule has 0 radical (unpaired) electrons. The number of barbiturate groups is 1. The summed E-state index contributed by atoms with van der Waals surface area (Å²) in [6, 6.07) is 7.82. The fourth-order valence-corrected chi connectivity index (χ4v) is 3.37. The van der Waals surface area contributed by atoms with Crippen molar-refractivity contribution in [2.45, 2.75) is 13.8 Å². The fourth-order valence-electron chi connectivity index (χ4n) is 3.37. The van der Waals surface area contributed by atoms with Crippen molar-refractivity contribution in [1.29, 1.82) is 0 Å². The van der Waals surface area contributed by atoms with Gasteiger partial charge in [0.2, 0.25) is 12.5 Å². The van der Waals surface area contributed by atoms with Gasteiger partial charge in [0.05, 0.1) is 12.8 Å². The molecule has 2 aliphatic heterocycles. The summed E-state index contributed by atoms with van der Waals surface area (Å²) in [5.41, 5.74) is 2.50. The number of methoxy groups -OCH3 is 1. The van der Waals surface area contributed by atoms with E-state index in [0.29, 0.717) is 28.5 Å². The molecule has 2 aliphatic rings. The van der Waals surface area contributed by atoms with Crippen LogP contribution >= 0.6 is 0 Å². The molecule has 148 valence electrons. The van der Waals surface area contributed by atoms with E-state index >= 15 is 0 Å². The van der Waals surface area contributed by atoms with Crippen molar-refractivity contribution in [3.63, 3.8) is 0 Å². The number of hydrogen-bond acceptors (Lipinski definition) is 6. The molecule has 1 saturated heterocycles. The predicted octanol–water partition coefficient (Wildman–Crippen LogP) is 2.71. The Balaban J connectivity index is 1.76. The Labute approximate surface area is 166 Å². The lowest BCUT2D eigenvalue weighted by atomic mass is 10.0. The van der Waals surface area contributed by atoms with Gasteiger partial charge in [-0.05, 0) is 60.9 Å². The molecule has 0 aliphatic carbocycles.